The van der Waals surface area contributed by atoms with Crippen molar-refractivity contribution in [1.82, 2.24) is 16.0 Å². The number of carbonyl (C=O) groups excluding carboxylic acids is 4. The number of nitrogens with two attached hydrogens (primary N) is 2. The van der Waals surface area contributed by atoms with Gasteiger partial charge in [-0.2, -0.15) is 11.8 Å². The Hall–Kier alpha value is -2.34. The Kier molecular flexibility index (Phi) is 13.6. The second kappa shape index (κ2) is 14.7. The van der Waals surface area contributed by atoms with Crippen molar-refractivity contribution < 1.29 is 29.1 Å². The summed E-state index contributed by atoms with van der Waals surface area (Å²) in [4.78, 5) is 60.6. The Labute approximate surface area is 193 Å². The Morgan fingerprint density at radius 2 is 1.41 bits per heavy atom. The maximum absolute atomic E-state index is 12.9. The van der Waals surface area contributed by atoms with E-state index in [9.17, 15) is 29.1 Å². The van der Waals surface area contributed by atoms with E-state index in [-0.39, 0.29) is 31.1 Å². The van der Waals surface area contributed by atoms with Crippen LogP contribution in [0.5, 0.6) is 0 Å². The van der Waals surface area contributed by atoms with Crippen LogP contribution in [-0.2, 0) is 24.0 Å². The van der Waals surface area contributed by atoms with Gasteiger partial charge in [0.2, 0.25) is 23.6 Å². The van der Waals surface area contributed by atoms with Gasteiger partial charge in [-0.3, -0.25) is 19.2 Å². The Morgan fingerprint density at radius 3 is 1.84 bits per heavy atom. The fourth-order valence-electron chi connectivity index (χ4n) is 2.67. The predicted molar refractivity (Wildman–Crippen MR) is 123 cm³/mol. The molecule has 0 rings (SSSR count). The Morgan fingerprint density at radius 1 is 0.844 bits per heavy atom. The third kappa shape index (κ3) is 10.8. The highest BCUT2D eigenvalue weighted by Crippen LogP contribution is 2.08. The molecule has 12 heteroatoms. The summed E-state index contributed by atoms with van der Waals surface area (Å²) in [7, 11) is 0. The summed E-state index contributed by atoms with van der Waals surface area (Å²) in [5, 5.41) is 16.9. The van der Waals surface area contributed by atoms with Crippen LogP contribution in [0.4, 0.5) is 0 Å². The van der Waals surface area contributed by atoms with E-state index in [4.69, 9.17) is 11.5 Å². The summed E-state index contributed by atoms with van der Waals surface area (Å²) in [6, 6.07) is -4.15. The molecule has 4 atom stereocenters. The minimum atomic E-state index is -1.17. The molecule has 0 aromatic heterocycles. The third-order valence-corrected chi connectivity index (χ3v) is 5.45. The highest BCUT2D eigenvalue weighted by Gasteiger charge is 2.32. The standard InChI is InChI=1S/C20H37N5O6S/c1-10(2)15(22)18(28)23-12(6-7-14(21)26)17(27)25-16(11(3)4)19(29)24-13(20(30)31)8-9-32-5/h10-13,15-16H,6-9,22H2,1-5H3,(H2,21,26)(H,23,28)(H,24,29)(H,25,27)(H,30,31). The van der Waals surface area contributed by atoms with Crippen molar-refractivity contribution in [1.29, 1.82) is 0 Å². The zero-order valence-corrected chi connectivity index (χ0v) is 20.2. The fraction of sp³-hybridized carbons (Fsp3) is 0.750. The van der Waals surface area contributed by atoms with Crippen LogP contribution >= 0.6 is 11.8 Å². The minimum Gasteiger partial charge on any atom is -0.480 e. The molecular formula is C20H37N5O6S. The van der Waals surface area contributed by atoms with Crippen LogP contribution in [0.3, 0.4) is 0 Å². The number of amides is 4. The van der Waals surface area contributed by atoms with Crippen LogP contribution in [0.15, 0.2) is 0 Å². The van der Waals surface area contributed by atoms with Crippen molar-refractivity contribution in [3.63, 3.8) is 0 Å². The van der Waals surface area contributed by atoms with Crippen molar-refractivity contribution in [3.8, 4) is 0 Å². The molecule has 0 bridgehead atoms. The molecule has 0 fully saturated rings. The van der Waals surface area contributed by atoms with Crippen molar-refractivity contribution in [2.75, 3.05) is 12.0 Å². The molecule has 0 aliphatic rings. The summed E-state index contributed by atoms with van der Waals surface area (Å²) < 4.78 is 0. The SMILES string of the molecule is CSCCC(NC(=O)C(NC(=O)C(CCC(N)=O)NC(=O)C(N)C(C)C)C(C)C)C(=O)O. The van der Waals surface area contributed by atoms with E-state index >= 15 is 0 Å². The van der Waals surface area contributed by atoms with Gasteiger partial charge in [-0.25, -0.2) is 4.79 Å². The summed E-state index contributed by atoms with van der Waals surface area (Å²) in [5.74, 6) is -3.76. The van der Waals surface area contributed by atoms with Crippen LogP contribution in [0.2, 0.25) is 0 Å². The van der Waals surface area contributed by atoms with Gasteiger partial charge in [0.05, 0.1) is 6.04 Å². The first-order valence-electron chi connectivity index (χ1n) is 10.5. The van der Waals surface area contributed by atoms with Gasteiger partial charge in [-0.05, 0) is 36.7 Å². The number of aliphatic carboxylic acids is 1. The van der Waals surface area contributed by atoms with E-state index in [1.165, 1.54) is 11.8 Å². The smallest absolute Gasteiger partial charge is 0.326 e. The van der Waals surface area contributed by atoms with Crippen molar-refractivity contribution >= 4 is 41.4 Å². The molecule has 0 spiro atoms. The topological polar surface area (TPSA) is 194 Å². The maximum atomic E-state index is 12.9. The van der Waals surface area contributed by atoms with Gasteiger partial charge in [-0.15, -0.1) is 0 Å². The predicted octanol–water partition coefficient (Wildman–Crippen LogP) is -0.817. The number of thioether (sulfide) groups is 1. The summed E-state index contributed by atoms with van der Waals surface area (Å²) in [6.07, 6.45) is 1.81. The lowest BCUT2D eigenvalue weighted by molar-refractivity contribution is -0.142. The number of rotatable bonds is 15. The van der Waals surface area contributed by atoms with E-state index < -0.39 is 53.8 Å². The first-order chi connectivity index (χ1) is 14.8. The van der Waals surface area contributed by atoms with E-state index in [1.54, 1.807) is 27.7 Å². The molecule has 0 aliphatic heterocycles. The van der Waals surface area contributed by atoms with E-state index in [2.05, 4.69) is 16.0 Å². The van der Waals surface area contributed by atoms with Crippen LogP contribution in [0, 0.1) is 11.8 Å². The normalized spacial score (nSPS) is 14.9. The van der Waals surface area contributed by atoms with Crippen LogP contribution in [0.1, 0.15) is 47.0 Å². The molecule has 184 valence electrons. The number of hydrogen-bond donors (Lipinski definition) is 6. The van der Waals surface area contributed by atoms with Gasteiger partial charge in [0, 0.05) is 6.42 Å². The quantitative estimate of drug-likeness (QED) is 0.177. The molecule has 8 N–H and O–H groups in total. The van der Waals surface area contributed by atoms with Gasteiger partial charge in [0.15, 0.2) is 0 Å². The molecule has 0 saturated heterocycles. The van der Waals surface area contributed by atoms with Gasteiger partial charge >= 0.3 is 5.97 Å². The van der Waals surface area contributed by atoms with Gasteiger partial charge in [0.25, 0.3) is 0 Å². The number of carbonyl (C=O) groups is 5. The van der Waals surface area contributed by atoms with Crippen LogP contribution in [0.25, 0.3) is 0 Å². The first-order valence-corrected chi connectivity index (χ1v) is 11.9. The molecule has 0 aromatic rings. The van der Waals surface area contributed by atoms with E-state index in [0.29, 0.717) is 5.75 Å². The zero-order chi connectivity index (χ0) is 25.0. The minimum absolute atomic E-state index is 0.0738. The zero-order valence-electron chi connectivity index (χ0n) is 19.3. The molecule has 11 nitrogen and oxygen atoms in total. The second-order valence-electron chi connectivity index (χ2n) is 8.25. The van der Waals surface area contributed by atoms with Crippen molar-refractivity contribution in [3.05, 3.63) is 0 Å². The third-order valence-electron chi connectivity index (χ3n) is 4.81. The van der Waals surface area contributed by atoms with E-state index in [1.807, 2.05) is 6.26 Å². The van der Waals surface area contributed by atoms with Crippen molar-refractivity contribution in [2.24, 2.45) is 23.3 Å². The lowest BCUT2D eigenvalue weighted by Crippen LogP contribution is -2.58. The number of nitrogens with one attached hydrogen (secondary N) is 3. The largest absolute Gasteiger partial charge is 0.480 e. The second-order valence-corrected chi connectivity index (χ2v) is 9.23. The average molecular weight is 476 g/mol. The average Bonchev–Trinajstić information content (AvgIpc) is 2.70. The summed E-state index contributed by atoms with van der Waals surface area (Å²) in [5.41, 5.74) is 11.0. The van der Waals surface area contributed by atoms with Crippen LogP contribution < -0.4 is 27.4 Å². The number of carboxylic acid groups (broad SMARTS) is 1. The number of hydrogen-bond acceptors (Lipinski definition) is 7. The molecule has 0 radical (unpaired) electrons. The molecule has 0 saturated carbocycles. The van der Waals surface area contributed by atoms with Gasteiger partial charge in [0.1, 0.15) is 18.1 Å². The lowest BCUT2D eigenvalue weighted by Gasteiger charge is -2.27. The first kappa shape index (κ1) is 29.7. The summed E-state index contributed by atoms with van der Waals surface area (Å²) >= 11 is 1.45. The maximum Gasteiger partial charge on any atom is 0.326 e. The highest BCUT2D eigenvalue weighted by atomic mass is 32.2. The molecule has 4 unspecified atom stereocenters. The molecule has 0 aliphatic carbocycles. The molecule has 0 aromatic carbocycles. The summed E-state index contributed by atoms with van der Waals surface area (Å²) in [6.45, 7) is 6.87. The van der Waals surface area contributed by atoms with E-state index in [0.717, 1.165) is 0 Å². The van der Waals surface area contributed by atoms with Crippen molar-refractivity contribution in [2.45, 2.75) is 71.1 Å². The lowest BCUT2D eigenvalue weighted by atomic mass is 10.0. The monoisotopic (exact) mass is 475 g/mol. The Balaban J connectivity index is 5.44. The Bertz CT molecular complexity index is 673. The number of primary amides is 1. The molecule has 4 amide bonds. The molecule has 0 heterocycles. The molecular weight excluding hydrogens is 438 g/mol. The highest BCUT2D eigenvalue weighted by molar-refractivity contribution is 7.98. The molecule has 32 heavy (non-hydrogen) atoms. The van der Waals surface area contributed by atoms with Gasteiger partial charge in [-0.1, -0.05) is 27.7 Å². The number of carboxylic acids is 1. The van der Waals surface area contributed by atoms with Crippen LogP contribution in [-0.4, -0.2) is 70.9 Å². The fourth-order valence-corrected chi connectivity index (χ4v) is 3.14. The van der Waals surface area contributed by atoms with Gasteiger partial charge < -0.3 is 32.5 Å².